The Hall–Kier alpha value is -1.48. The number of nitrogens with one attached hydrogen (secondary N) is 2. The zero-order valence-electron chi connectivity index (χ0n) is 10.2. The molecule has 0 unspecified atom stereocenters. The van der Waals surface area contributed by atoms with Gasteiger partial charge in [-0.3, -0.25) is 4.72 Å². The number of hydrogen-bond donors (Lipinski definition) is 2. The molecule has 5 nitrogen and oxygen atoms in total. The number of hydrogen-bond acceptors (Lipinski definition) is 3. The molecule has 108 valence electrons. The molecule has 0 radical (unpaired) electrons. The zero-order valence-corrected chi connectivity index (χ0v) is 12.6. The number of sulfonamides is 1. The number of benzene rings is 1. The van der Waals surface area contributed by atoms with Crippen molar-refractivity contribution in [3.8, 4) is 0 Å². The van der Waals surface area contributed by atoms with Gasteiger partial charge in [0, 0.05) is 17.0 Å². The second-order valence-electron chi connectivity index (χ2n) is 3.90. The van der Waals surface area contributed by atoms with Crippen LogP contribution < -0.4 is 4.72 Å². The lowest BCUT2D eigenvalue weighted by Crippen LogP contribution is -2.15. The normalized spacial score (nSPS) is 11.6. The van der Waals surface area contributed by atoms with E-state index >= 15 is 0 Å². The zero-order chi connectivity index (χ0) is 14.9. The Morgan fingerprint density at radius 2 is 2.10 bits per heavy atom. The third-order valence-corrected chi connectivity index (χ3v) is 4.36. The van der Waals surface area contributed by atoms with Gasteiger partial charge in [0.2, 0.25) is 0 Å². The molecule has 0 saturated carbocycles. The van der Waals surface area contributed by atoms with Crippen LogP contribution in [0.5, 0.6) is 0 Å². The van der Waals surface area contributed by atoms with Gasteiger partial charge in [0.25, 0.3) is 10.0 Å². The Morgan fingerprint density at radius 1 is 1.40 bits per heavy atom. The van der Waals surface area contributed by atoms with Gasteiger partial charge in [0.05, 0.1) is 11.9 Å². The molecular weight excluding hydrogens is 356 g/mol. The summed E-state index contributed by atoms with van der Waals surface area (Å²) in [5.74, 6) is -1.34. The second kappa shape index (κ2) is 5.49. The molecule has 20 heavy (non-hydrogen) atoms. The SMILES string of the molecule is CCc1ncc(S(=O)(=O)Nc2c(F)cc(F)cc2Br)[nH]1. The van der Waals surface area contributed by atoms with Gasteiger partial charge in [-0.2, -0.15) is 8.42 Å². The molecule has 0 bridgehead atoms. The number of anilines is 1. The summed E-state index contributed by atoms with van der Waals surface area (Å²) in [6, 6.07) is 1.55. The maximum atomic E-state index is 13.6. The van der Waals surface area contributed by atoms with Gasteiger partial charge in [-0.25, -0.2) is 13.8 Å². The smallest absolute Gasteiger partial charge is 0.279 e. The minimum absolute atomic E-state index is 0.0335. The summed E-state index contributed by atoms with van der Waals surface area (Å²) in [4.78, 5) is 6.46. The standard InChI is InChI=1S/C11H10BrF2N3O2S/c1-2-9-15-5-10(16-9)20(18,19)17-11-7(12)3-6(13)4-8(11)14/h3-5,17H,2H2,1H3,(H,15,16). The summed E-state index contributed by atoms with van der Waals surface area (Å²) in [6.07, 6.45) is 1.67. The monoisotopic (exact) mass is 365 g/mol. The lowest BCUT2D eigenvalue weighted by molar-refractivity contribution is 0.581. The van der Waals surface area contributed by atoms with Crippen molar-refractivity contribution in [1.29, 1.82) is 0 Å². The van der Waals surface area contributed by atoms with Crippen molar-refractivity contribution >= 4 is 31.6 Å². The first-order valence-corrected chi connectivity index (χ1v) is 7.82. The van der Waals surface area contributed by atoms with E-state index in [9.17, 15) is 17.2 Å². The number of aromatic nitrogens is 2. The van der Waals surface area contributed by atoms with Crippen LogP contribution in [0.4, 0.5) is 14.5 Å². The molecule has 0 amide bonds. The fourth-order valence-corrected chi connectivity index (χ4v) is 3.16. The fourth-order valence-electron chi connectivity index (χ4n) is 1.49. The third kappa shape index (κ3) is 2.98. The van der Waals surface area contributed by atoms with E-state index in [2.05, 4.69) is 25.9 Å². The highest BCUT2D eigenvalue weighted by Crippen LogP contribution is 2.28. The van der Waals surface area contributed by atoms with Gasteiger partial charge < -0.3 is 4.98 Å². The minimum Gasteiger partial charge on any atom is -0.332 e. The van der Waals surface area contributed by atoms with Gasteiger partial charge in [-0.1, -0.05) is 6.92 Å². The van der Waals surface area contributed by atoms with Crippen LogP contribution in [0.2, 0.25) is 0 Å². The molecule has 0 spiro atoms. The number of halogens is 3. The van der Waals surface area contributed by atoms with E-state index in [4.69, 9.17) is 0 Å². The molecular formula is C11H10BrF2N3O2S. The van der Waals surface area contributed by atoms with E-state index in [1.807, 2.05) is 4.72 Å². The number of imidazole rings is 1. The Bertz CT molecular complexity index is 723. The van der Waals surface area contributed by atoms with Crippen LogP contribution in [0.3, 0.4) is 0 Å². The minimum atomic E-state index is -4.02. The highest BCUT2D eigenvalue weighted by Gasteiger charge is 2.21. The molecule has 1 aromatic heterocycles. The number of nitrogens with zero attached hydrogens (tertiary/aromatic N) is 1. The van der Waals surface area contributed by atoms with E-state index in [1.165, 1.54) is 0 Å². The average molecular weight is 366 g/mol. The topological polar surface area (TPSA) is 74.8 Å². The predicted molar refractivity (Wildman–Crippen MR) is 72.8 cm³/mol. The van der Waals surface area contributed by atoms with Crippen LogP contribution in [-0.2, 0) is 16.4 Å². The Balaban J connectivity index is 2.38. The van der Waals surface area contributed by atoms with Crippen molar-refractivity contribution < 1.29 is 17.2 Å². The summed E-state index contributed by atoms with van der Waals surface area (Å²) in [7, 11) is -4.02. The maximum absolute atomic E-state index is 13.6. The van der Waals surface area contributed by atoms with Crippen LogP contribution in [0.25, 0.3) is 0 Å². The van der Waals surface area contributed by atoms with E-state index < -0.39 is 21.7 Å². The van der Waals surface area contributed by atoms with Crippen molar-refractivity contribution in [2.45, 2.75) is 18.4 Å². The van der Waals surface area contributed by atoms with Gasteiger partial charge in [0.15, 0.2) is 10.8 Å². The largest absolute Gasteiger partial charge is 0.332 e. The first-order valence-electron chi connectivity index (χ1n) is 5.54. The molecule has 2 N–H and O–H groups in total. The summed E-state index contributed by atoms with van der Waals surface area (Å²) < 4.78 is 52.7. The lowest BCUT2D eigenvalue weighted by atomic mass is 10.3. The summed E-state index contributed by atoms with van der Waals surface area (Å²) >= 11 is 2.91. The third-order valence-electron chi connectivity index (χ3n) is 2.47. The molecule has 0 saturated heterocycles. The van der Waals surface area contributed by atoms with Crippen molar-refractivity contribution in [2.75, 3.05) is 4.72 Å². The number of aromatic amines is 1. The molecule has 2 aromatic rings. The first-order chi connectivity index (χ1) is 9.33. The molecule has 0 atom stereocenters. The summed E-state index contributed by atoms with van der Waals surface area (Å²) in [5.41, 5.74) is -0.362. The molecule has 0 aliphatic rings. The first kappa shape index (κ1) is 14.9. The van der Waals surface area contributed by atoms with Crippen molar-refractivity contribution in [3.05, 3.63) is 40.3 Å². The predicted octanol–water partition coefficient (Wildman–Crippen LogP) is 2.81. The van der Waals surface area contributed by atoms with E-state index in [0.29, 0.717) is 18.3 Å². The molecule has 0 fully saturated rings. The van der Waals surface area contributed by atoms with Crippen molar-refractivity contribution in [3.63, 3.8) is 0 Å². The molecule has 0 aliphatic heterocycles. The quantitative estimate of drug-likeness (QED) is 0.874. The van der Waals surface area contributed by atoms with Crippen LogP contribution >= 0.6 is 15.9 Å². The number of rotatable bonds is 4. The summed E-state index contributed by atoms with van der Waals surface area (Å²) in [5, 5.41) is -0.190. The highest BCUT2D eigenvalue weighted by atomic mass is 79.9. The van der Waals surface area contributed by atoms with Crippen LogP contribution in [0.15, 0.2) is 27.8 Å². The number of aryl methyl sites for hydroxylation is 1. The van der Waals surface area contributed by atoms with Gasteiger partial charge in [-0.15, -0.1) is 0 Å². The van der Waals surface area contributed by atoms with E-state index in [-0.39, 0.29) is 15.2 Å². The summed E-state index contributed by atoms with van der Waals surface area (Å²) in [6.45, 7) is 1.80. The lowest BCUT2D eigenvalue weighted by Gasteiger charge is -2.09. The average Bonchev–Trinajstić information content (AvgIpc) is 2.83. The fraction of sp³-hybridized carbons (Fsp3) is 0.182. The molecule has 9 heteroatoms. The van der Waals surface area contributed by atoms with Crippen LogP contribution in [0, 0.1) is 11.6 Å². The number of H-pyrrole nitrogens is 1. The second-order valence-corrected chi connectivity index (χ2v) is 6.40. The molecule has 1 aromatic carbocycles. The van der Waals surface area contributed by atoms with Gasteiger partial charge >= 0.3 is 0 Å². The van der Waals surface area contributed by atoms with E-state index in [0.717, 1.165) is 12.3 Å². The Kier molecular flexibility index (Phi) is 4.09. The highest BCUT2D eigenvalue weighted by molar-refractivity contribution is 9.10. The van der Waals surface area contributed by atoms with Gasteiger partial charge in [-0.05, 0) is 22.0 Å². The Labute approximate surface area is 122 Å². The van der Waals surface area contributed by atoms with E-state index in [1.54, 1.807) is 6.92 Å². The van der Waals surface area contributed by atoms with Crippen molar-refractivity contribution in [1.82, 2.24) is 9.97 Å². The van der Waals surface area contributed by atoms with Crippen LogP contribution in [-0.4, -0.2) is 18.4 Å². The molecule has 1 heterocycles. The maximum Gasteiger partial charge on any atom is 0.279 e. The Morgan fingerprint density at radius 3 is 2.65 bits per heavy atom. The molecule has 0 aliphatic carbocycles. The van der Waals surface area contributed by atoms with Crippen LogP contribution in [0.1, 0.15) is 12.7 Å². The molecule has 2 rings (SSSR count). The van der Waals surface area contributed by atoms with Crippen molar-refractivity contribution in [2.24, 2.45) is 0 Å². The van der Waals surface area contributed by atoms with Gasteiger partial charge in [0.1, 0.15) is 11.6 Å².